The van der Waals surface area contributed by atoms with Crippen molar-refractivity contribution in [3.05, 3.63) is 11.3 Å². The van der Waals surface area contributed by atoms with E-state index in [2.05, 4.69) is 58.1 Å². The molecular formula is C20H35N3O3S. The van der Waals surface area contributed by atoms with Crippen LogP contribution in [0.3, 0.4) is 0 Å². The van der Waals surface area contributed by atoms with Gasteiger partial charge in [-0.2, -0.15) is 0 Å². The van der Waals surface area contributed by atoms with Gasteiger partial charge in [0, 0.05) is 30.1 Å². The zero-order valence-corrected chi connectivity index (χ0v) is 18.5. The van der Waals surface area contributed by atoms with Crippen LogP contribution in [0.25, 0.3) is 0 Å². The summed E-state index contributed by atoms with van der Waals surface area (Å²) in [6, 6.07) is -0.0550. The van der Waals surface area contributed by atoms with E-state index in [0.29, 0.717) is 25.8 Å². The molecular weight excluding hydrogens is 362 g/mol. The van der Waals surface area contributed by atoms with E-state index in [0.717, 1.165) is 5.84 Å². The summed E-state index contributed by atoms with van der Waals surface area (Å²) in [5.74, 6) is 1.04. The van der Waals surface area contributed by atoms with Crippen LogP contribution in [-0.2, 0) is 10.0 Å². The van der Waals surface area contributed by atoms with Crippen molar-refractivity contribution in [2.75, 3.05) is 6.54 Å². The molecule has 6 nitrogen and oxygen atoms in total. The number of nitrogens with zero attached hydrogens (tertiary/aromatic N) is 2. The van der Waals surface area contributed by atoms with Crippen LogP contribution in [-0.4, -0.2) is 54.2 Å². The third kappa shape index (κ3) is 3.96. The molecule has 1 saturated heterocycles. The monoisotopic (exact) mass is 397 g/mol. The normalized spacial score (nSPS) is 32.3. The summed E-state index contributed by atoms with van der Waals surface area (Å²) in [6.45, 7) is 15.8. The predicted octanol–water partition coefficient (Wildman–Crippen LogP) is 2.65. The minimum absolute atomic E-state index is 0.0221. The molecule has 0 aromatic rings. The van der Waals surface area contributed by atoms with Crippen LogP contribution in [0.5, 0.6) is 0 Å². The summed E-state index contributed by atoms with van der Waals surface area (Å²) in [5.41, 5.74) is 2.41. The SMILES string of the molecule is C[C@@H]1N=C(C(C)(C)C)N2CC(NS(=O)(=O)C3CC(O)C3)CC2=C1C(C)(C)C. The zero-order valence-electron chi connectivity index (χ0n) is 17.7. The maximum atomic E-state index is 12.7. The summed E-state index contributed by atoms with van der Waals surface area (Å²) in [5, 5.41) is 9.00. The van der Waals surface area contributed by atoms with E-state index in [4.69, 9.17) is 4.99 Å². The molecule has 27 heavy (non-hydrogen) atoms. The van der Waals surface area contributed by atoms with Gasteiger partial charge >= 0.3 is 0 Å². The maximum Gasteiger partial charge on any atom is 0.215 e. The smallest absolute Gasteiger partial charge is 0.215 e. The number of rotatable bonds is 3. The van der Waals surface area contributed by atoms with Gasteiger partial charge in [0.25, 0.3) is 0 Å². The van der Waals surface area contributed by atoms with Crippen molar-refractivity contribution in [2.24, 2.45) is 15.8 Å². The second-order valence-corrected chi connectivity index (χ2v) is 12.4. The molecule has 0 aromatic carbocycles. The van der Waals surface area contributed by atoms with Crippen molar-refractivity contribution >= 4 is 15.9 Å². The van der Waals surface area contributed by atoms with Gasteiger partial charge < -0.3 is 10.0 Å². The third-order valence-corrected chi connectivity index (χ3v) is 7.71. The van der Waals surface area contributed by atoms with Gasteiger partial charge in [-0.15, -0.1) is 0 Å². The van der Waals surface area contributed by atoms with Crippen LogP contribution >= 0.6 is 0 Å². The predicted molar refractivity (Wildman–Crippen MR) is 109 cm³/mol. The standard InChI is InChI=1S/C20H35N3O3S/c1-12-17(19(2,3)4)16-8-13(11-23(16)18(21-12)20(5,6)7)22-27(25,26)15-9-14(24)10-15/h12-15,22,24H,8-11H2,1-7H3/t12-,13?,14?,15?/m0/s1. The highest BCUT2D eigenvalue weighted by Gasteiger charge is 2.45. The minimum Gasteiger partial charge on any atom is -0.393 e. The first-order valence-corrected chi connectivity index (χ1v) is 11.5. The van der Waals surface area contributed by atoms with Crippen molar-refractivity contribution in [3.8, 4) is 0 Å². The fourth-order valence-corrected chi connectivity index (χ4v) is 6.39. The Morgan fingerprint density at radius 2 is 1.70 bits per heavy atom. The molecule has 2 N–H and O–H groups in total. The van der Waals surface area contributed by atoms with Crippen molar-refractivity contribution in [1.82, 2.24) is 9.62 Å². The number of amidine groups is 1. The Morgan fingerprint density at radius 3 is 2.19 bits per heavy atom. The first-order valence-electron chi connectivity index (χ1n) is 9.98. The molecule has 0 aromatic heterocycles. The summed E-state index contributed by atoms with van der Waals surface area (Å²) in [7, 11) is -3.40. The molecule has 2 fully saturated rings. The lowest BCUT2D eigenvalue weighted by atomic mass is 9.79. The van der Waals surface area contributed by atoms with E-state index in [1.807, 2.05) is 0 Å². The molecule has 0 radical (unpaired) electrons. The average Bonchev–Trinajstić information content (AvgIpc) is 2.81. The van der Waals surface area contributed by atoms with Crippen LogP contribution < -0.4 is 4.72 Å². The van der Waals surface area contributed by atoms with E-state index in [1.165, 1.54) is 11.3 Å². The highest BCUT2D eigenvalue weighted by Crippen LogP contribution is 2.43. The van der Waals surface area contributed by atoms with E-state index in [9.17, 15) is 13.5 Å². The van der Waals surface area contributed by atoms with E-state index in [-0.39, 0.29) is 22.9 Å². The second kappa shape index (κ2) is 6.56. The molecule has 0 amide bonds. The number of aliphatic imine (C=N–C) groups is 1. The van der Waals surface area contributed by atoms with Gasteiger partial charge in [0.2, 0.25) is 10.0 Å². The van der Waals surface area contributed by atoms with Crippen molar-refractivity contribution in [1.29, 1.82) is 0 Å². The number of aliphatic hydroxyl groups is 1. The minimum atomic E-state index is -3.40. The molecule has 7 heteroatoms. The van der Waals surface area contributed by atoms with Gasteiger partial charge in [-0.05, 0) is 30.8 Å². The first-order chi connectivity index (χ1) is 12.2. The lowest BCUT2D eigenvalue weighted by Crippen LogP contribution is -2.49. The summed E-state index contributed by atoms with van der Waals surface area (Å²) < 4.78 is 28.2. The number of fused-ring (bicyclic) bond motifs is 1. The quantitative estimate of drug-likeness (QED) is 0.767. The number of sulfonamides is 1. The van der Waals surface area contributed by atoms with E-state index < -0.39 is 21.4 Å². The molecule has 154 valence electrons. The number of hydrogen-bond acceptors (Lipinski definition) is 5. The maximum absolute atomic E-state index is 12.7. The molecule has 0 spiro atoms. The van der Waals surface area contributed by atoms with Gasteiger partial charge in [-0.3, -0.25) is 4.99 Å². The molecule has 3 rings (SSSR count). The number of nitrogens with one attached hydrogen (secondary N) is 1. The van der Waals surface area contributed by atoms with Crippen LogP contribution in [0.15, 0.2) is 16.3 Å². The van der Waals surface area contributed by atoms with Crippen molar-refractivity contribution in [3.63, 3.8) is 0 Å². The van der Waals surface area contributed by atoms with Crippen molar-refractivity contribution < 1.29 is 13.5 Å². The topological polar surface area (TPSA) is 82.0 Å². The Balaban J connectivity index is 1.90. The van der Waals surface area contributed by atoms with Gasteiger partial charge in [0.05, 0.1) is 17.4 Å². The number of hydrogen-bond donors (Lipinski definition) is 2. The van der Waals surface area contributed by atoms with Crippen LogP contribution in [0, 0.1) is 10.8 Å². The molecule has 0 bridgehead atoms. The summed E-state index contributed by atoms with van der Waals surface area (Å²) in [6.07, 6.45) is 0.902. The molecule has 1 saturated carbocycles. The van der Waals surface area contributed by atoms with Crippen LogP contribution in [0.2, 0.25) is 0 Å². The Hall–Kier alpha value is -0.920. The molecule has 3 aliphatic rings. The third-order valence-electron chi connectivity index (χ3n) is 5.79. The molecule has 2 aliphatic heterocycles. The first kappa shape index (κ1) is 20.8. The Morgan fingerprint density at radius 1 is 1.11 bits per heavy atom. The molecule has 2 atom stereocenters. The zero-order chi connectivity index (χ0) is 20.4. The van der Waals surface area contributed by atoms with Gasteiger partial charge in [0.1, 0.15) is 5.84 Å². The number of aliphatic hydroxyl groups excluding tert-OH is 1. The van der Waals surface area contributed by atoms with Crippen LogP contribution in [0.1, 0.15) is 67.7 Å². The summed E-state index contributed by atoms with van der Waals surface area (Å²) >= 11 is 0. The Labute approximate surface area is 164 Å². The van der Waals surface area contributed by atoms with E-state index in [1.54, 1.807) is 0 Å². The average molecular weight is 398 g/mol. The Kier molecular flexibility index (Phi) is 5.06. The van der Waals surface area contributed by atoms with Gasteiger partial charge in [0.15, 0.2) is 0 Å². The fourth-order valence-electron chi connectivity index (χ4n) is 4.62. The lowest BCUT2D eigenvalue weighted by molar-refractivity contribution is 0.0972. The van der Waals surface area contributed by atoms with Crippen molar-refractivity contribution in [2.45, 2.75) is 91.2 Å². The molecule has 1 unspecified atom stereocenters. The highest BCUT2D eigenvalue weighted by atomic mass is 32.2. The second-order valence-electron chi connectivity index (χ2n) is 10.4. The lowest BCUT2D eigenvalue weighted by Gasteiger charge is -2.41. The largest absolute Gasteiger partial charge is 0.393 e. The van der Waals surface area contributed by atoms with E-state index >= 15 is 0 Å². The van der Waals surface area contributed by atoms with Gasteiger partial charge in [-0.25, -0.2) is 13.1 Å². The van der Waals surface area contributed by atoms with Crippen LogP contribution in [0.4, 0.5) is 0 Å². The summed E-state index contributed by atoms with van der Waals surface area (Å²) in [4.78, 5) is 7.28. The van der Waals surface area contributed by atoms with Gasteiger partial charge in [-0.1, -0.05) is 41.5 Å². The Bertz CT molecular complexity index is 765. The fraction of sp³-hybridized carbons (Fsp3) is 0.850. The molecule has 2 heterocycles. The molecule has 1 aliphatic carbocycles. The highest BCUT2D eigenvalue weighted by molar-refractivity contribution is 7.90.